The number of hydrogen-bond acceptors (Lipinski definition) is 4. The molecule has 4 nitrogen and oxygen atoms in total. The minimum Gasteiger partial charge on any atom is -0.338 e. The zero-order chi connectivity index (χ0) is 15.8. The van der Waals surface area contributed by atoms with E-state index in [0.717, 1.165) is 21.7 Å². The average Bonchev–Trinajstić information content (AvgIpc) is 3.20. The quantitative estimate of drug-likeness (QED) is 0.535. The number of H-pyrrole nitrogens is 1. The molecule has 0 aliphatic rings. The Kier molecular flexibility index (Phi) is 3.48. The predicted octanol–water partition coefficient (Wildman–Crippen LogP) is 5.22. The van der Waals surface area contributed by atoms with E-state index < -0.39 is 5.82 Å². The molecule has 0 unspecified atom stereocenters. The molecule has 114 valence electrons. The van der Waals surface area contributed by atoms with Gasteiger partial charge in [-0.2, -0.15) is 0 Å². The number of fused-ring (bicyclic) bond motifs is 1. The fraction of sp³-hybridized carbons (Fsp3) is 0. The molecule has 3 aromatic heterocycles. The number of rotatable bonds is 3. The van der Waals surface area contributed by atoms with E-state index in [2.05, 4.69) is 20.3 Å². The van der Waals surface area contributed by atoms with Gasteiger partial charge in [0.2, 0.25) is 0 Å². The summed E-state index contributed by atoms with van der Waals surface area (Å²) in [5, 5.41) is 5.19. The number of thiophene rings is 1. The van der Waals surface area contributed by atoms with Crippen LogP contribution in [0.4, 0.5) is 15.9 Å². The lowest BCUT2D eigenvalue weighted by molar-refractivity contribution is 0.628. The lowest BCUT2D eigenvalue weighted by Crippen LogP contribution is -1.95. The number of pyridine rings is 1. The lowest BCUT2D eigenvalue weighted by atomic mass is 10.3. The van der Waals surface area contributed by atoms with Gasteiger partial charge in [0.05, 0.1) is 15.4 Å². The Morgan fingerprint density at radius 3 is 2.91 bits per heavy atom. The highest BCUT2D eigenvalue weighted by atomic mass is 35.5. The zero-order valence-electron chi connectivity index (χ0n) is 11.7. The first-order valence-corrected chi connectivity index (χ1v) is 8.07. The summed E-state index contributed by atoms with van der Waals surface area (Å²) in [6, 6.07) is 10.3. The van der Waals surface area contributed by atoms with Crippen molar-refractivity contribution in [3.8, 4) is 10.7 Å². The molecular weight excluding hydrogens is 335 g/mol. The molecule has 0 bridgehead atoms. The van der Waals surface area contributed by atoms with Crippen molar-refractivity contribution in [2.75, 3.05) is 5.32 Å². The molecule has 0 radical (unpaired) electrons. The van der Waals surface area contributed by atoms with Crippen molar-refractivity contribution in [2.24, 2.45) is 0 Å². The second-order valence-electron chi connectivity index (χ2n) is 4.87. The number of aromatic amines is 1. The summed E-state index contributed by atoms with van der Waals surface area (Å²) in [7, 11) is 0. The fourth-order valence-electron chi connectivity index (χ4n) is 2.27. The number of nitrogens with one attached hydrogen (secondary N) is 2. The first-order chi connectivity index (χ1) is 11.2. The molecule has 3 heterocycles. The second kappa shape index (κ2) is 5.64. The Labute approximate surface area is 140 Å². The van der Waals surface area contributed by atoms with Gasteiger partial charge in [-0.05, 0) is 35.7 Å². The monoisotopic (exact) mass is 344 g/mol. The van der Waals surface area contributed by atoms with E-state index in [9.17, 15) is 4.39 Å². The summed E-state index contributed by atoms with van der Waals surface area (Å²) in [6.07, 6.45) is 1.69. The van der Waals surface area contributed by atoms with Gasteiger partial charge in [-0.3, -0.25) is 0 Å². The van der Waals surface area contributed by atoms with E-state index in [-0.39, 0.29) is 5.02 Å². The van der Waals surface area contributed by atoms with Crippen LogP contribution in [0.25, 0.3) is 21.7 Å². The standard InChI is InChI=1S/C16H10ClFN4S/c17-10-8-9(3-4-11(10)18)20-16-14-12(5-6-19-16)21-15(22-14)13-2-1-7-23-13/h1-8H,(H,19,20)(H,21,22). The molecule has 4 aromatic rings. The molecule has 1 aromatic carbocycles. The molecule has 0 fully saturated rings. The Morgan fingerprint density at radius 1 is 1.22 bits per heavy atom. The van der Waals surface area contributed by atoms with Crippen molar-refractivity contribution in [3.05, 3.63) is 58.8 Å². The summed E-state index contributed by atoms with van der Waals surface area (Å²) in [4.78, 5) is 13.3. The van der Waals surface area contributed by atoms with Crippen LogP contribution < -0.4 is 5.32 Å². The topological polar surface area (TPSA) is 53.6 Å². The third-order valence-corrected chi connectivity index (χ3v) is 4.50. The van der Waals surface area contributed by atoms with Crippen LogP contribution in [0.3, 0.4) is 0 Å². The van der Waals surface area contributed by atoms with Crippen LogP contribution in [0.15, 0.2) is 48.0 Å². The summed E-state index contributed by atoms with van der Waals surface area (Å²) < 4.78 is 13.3. The molecule has 7 heteroatoms. The van der Waals surface area contributed by atoms with Crippen LogP contribution in [0.2, 0.25) is 5.02 Å². The Hall–Kier alpha value is -2.44. The molecule has 0 aliphatic heterocycles. The lowest BCUT2D eigenvalue weighted by Gasteiger charge is -2.06. The molecule has 0 saturated heterocycles. The highest BCUT2D eigenvalue weighted by Crippen LogP contribution is 2.29. The van der Waals surface area contributed by atoms with Crippen molar-refractivity contribution in [2.45, 2.75) is 0 Å². The highest BCUT2D eigenvalue weighted by Gasteiger charge is 2.11. The van der Waals surface area contributed by atoms with E-state index in [1.165, 1.54) is 12.1 Å². The van der Waals surface area contributed by atoms with Gasteiger partial charge >= 0.3 is 0 Å². The first-order valence-electron chi connectivity index (χ1n) is 6.81. The van der Waals surface area contributed by atoms with E-state index in [0.29, 0.717) is 11.5 Å². The number of halogens is 2. The van der Waals surface area contributed by atoms with Crippen LogP contribution in [0.5, 0.6) is 0 Å². The van der Waals surface area contributed by atoms with Gasteiger partial charge in [-0.25, -0.2) is 14.4 Å². The third-order valence-electron chi connectivity index (χ3n) is 3.34. The van der Waals surface area contributed by atoms with Crippen molar-refractivity contribution >= 4 is 45.5 Å². The number of benzene rings is 1. The van der Waals surface area contributed by atoms with Crippen LogP contribution >= 0.6 is 22.9 Å². The predicted molar refractivity (Wildman–Crippen MR) is 91.9 cm³/mol. The van der Waals surface area contributed by atoms with Crippen molar-refractivity contribution in [3.63, 3.8) is 0 Å². The van der Waals surface area contributed by atoms with Gasteiger partial charge in [0, 0.05) is 11.9 Å². The van der Waals surface area contributed by atoms with Gasteiger partial charge in [-0.15, -0.1) is 11.3 Å². The molecule has 23 heavy (non-hydrogen) atoms. The largest absolute Gasteiger partial charge is 0.338 e. The van der Waals surface area contributed by atoms with E-state index in [1.807, 2.05) is 23.6 Å². The number of nitrogens with zero attached hydrogens (tertiary/aromatic N) is 2. The molecule has 2 N–H and O–H groups in total. The minimum atomic E-state index is -0.455. The molecule has 0 spiro atoms. The summed E-state index contributed by atoms with van der Waals surface area (Å²) in [5.74, 6) is 0.926. The summed E-state index contributed by atoms with van der Waals surface area (Å²) >= 11 is 7.43. The Bertz CT molecular complexity index is 981. The Balaban J connectivity index is 1.76. The van der Waals surface area contributed by atoms with Gasteiger partial charge < -0.3 is 10.3 Å². The molecular formula is C16H10ClFN4S. The molecule has 0 saturated carbocycles. The number of anilines is 2. The zero-order valence-corrected chi connectivity index (χ0v) is 13.2. The normalized spacial score (nSPS) is 11.0. The first kappa shape index (κ1) is 14.2. The SMILES string of the molecule is Fc1ccc(Nc2nccc3[nH]c(-c4cccs4)nc23)cc1Cl. The van der Waals surface area contributed by atoms with Crippen molar-refractivity contribution in [1.82, 2.24) is 15.0 Å². The number of hydrogen-bond donors (Lipinski definition) is 2. The van der Waals surface area contributed by atoms with Gasteiger partial charge in [0.25, 0.3) is 0 Å². The molecule has 4 rings (SSSR count). The molecule has 0 amide bonds. The van der Waals surface area contributed by atoms with Crippen LogP contribution in [0.1, 0.15) is 0 Å². The van der Waals surface area contributed by atoms with Gasteiger partial charge in [-0.1, -0.05) is 17.7 Å². The summed E-state index contributed by atoms with van der Waals surface area (Å²) in [6.45, 7) is 0. The van der Waals surface area contributed by atoms with Crippen molar-refractivity contribution in [1.29, 1.82) is 0 Å². The maximum absolute atomic E-state index is 13.3. The molecule has 0 atom stereocenters. The molecule has 0 aliphatic carbocycles. The van der Waals surface area contributed by atoms with Crippen LogP contribution in [0, 0.1) is 5.82 Å². The highest BCUT2D eigenvalue weighted by molar-refractivity contribution is 7.13. The van der Waals surface area contributed by atoms with Crippen LogP contribution in [-0.2, 0) is 0 Å². The Morgan fingerprint density at radius 2 is 2.13 bits per heavy atom. The van der Waals surface area contributed by atoms with Gasteiger partial charge in [0.1, 0.15) is 17.2 Å². The van der Waals surface area contributed by atoms with E-state index >= 15 is 0 Å². The van der Waals surface area contributed by atoms with Crippen LogP contribution in [-0.4, -0.2) is 15.0 Å². The van der Waals surface area contributed by atoms with E-state index in [1.54, 1.807) is 23.6 Å². The second-order valence-corrected chi connectivity index (χ2v) is 6.23. The average molecular weight is 345 g/mol. The third kappa shape index (κ3) is 2.67. The minimum absolute atomic E-state index is 0.0588. The maximum atomic E-state index is 13.3. The maximum Gasteiger partial charge on any atom is 0.158 e. The number of imidazole rings is 1. The fourth-order valence-corrected chi connectivity index (χ4v) is 3.12. The number of aromatic nitrogens is 3. The van der Waals surface area contributed by atoms with Crippen molar-refractivity contribution < 1.29 is 4.39 Å². The van der Waals surface area contributed by atoms with E-state index in [4.69, 9.17) is 11.6 Å². The smallest absolute Gasteiger partial charge is 0.158 e. The summed E-state index contributed by atoms with van der Waals surface area (Å²) in [5.41, 5.74) is 2.24. The van der Waals surface area contributed by atoms with Gasteiger partial charge in [0.15, 0.2) is 5.82 Å².